The largest absolute Gasteiger partial charge is 0.492 e. The van der Waals surface area contributed by atoms with E-state index in [1.807, 2.05) is 0 Å². The molecule has 0 amide bonds. The SMILES string of the molecule is O=[N+]([O-])c1ccc(OCCCO)c(Br)c1. The van der Waals surface area contributed by atoms with E-state index in [1.54, 1.807) is 0 Å². The van der Waals surface area contributed by atoms with E-state index in [9.17, 15) is 10.1 Å². The van der Waals surface area contributed by atoms with Crippen molar-refractivity contribution in [2.75, 3.05) is 13.2 Å². The van der Waals surface area contributed by atoms with Crippen LogP contribution in [0.5, 0.6) is 5.75 Å². The van der Waals surface area contributed by atoms with Crippen LogP contribution in [0.15, 0.2) is 22.7 Å². The van der Waals surface area contributed by atoms with Gasteiger partial charge in [-0.15, -0.1) is 0 Å². The van der Waals surface area contributed by atoms with Gasteiger partial charge in [0.15, 0.2) is 0 Å². The maximum Gasteiger partial charge on any atom is 0.270 e. The molecule has 0 saturated heterocycles. The van der Waals surface area contributed by atoms with Crippen molar-refractivity contribution in [3.8, 4) is 5.75 Å². The molecule has 0 fully saturated rings. The summed E-state index contributed by atoms with van der Waals surface area (Å²) in [6.07, 6.45) is 0.531. The van der Waals surface area contributed by atoms with Crippen molar-refractivity contribution in [2.45, 2.75) is 6.42 Å². The molecule has 5 nitrogen and oxygen atoms in total. The monoisotopic (exact) mass is 275 g/mol. The second-order valence-corrected chi connectivity index (χ2v) is 3.65. The summed E-state index contributed by atoms with van der Waals surface area (Å²) in [5, 5.41) is 19.0. The Morgan fingerprint density at radius 1 is 1.53 bits per heavy atom. The quantitative estimate of drug-likeness (QED) is 0.508. The van der Waals surface area contributed by atoms with Gasteiger partial charge in [0.2, 0.25) is 0 Å². The highest BCUT2D eigenvalue weighted by atomic mass is 79.9. The average molecular weight is 276 g/mol. The smallest absolute Gasteiger partial charge is 0.270 e. The molecule has 0 aliphatic rings. The zero-order valence-electron chi connectivity index (χ0n) is 7.85. The molecule has 1 rings (SSSR count). The van der Waals surface area contributed by atoms with Gasteiger partial charge in [-0.1, -0.05) is 0 Å². The number of ether oxygens (including phenoxy) is 1. The molecule has 0 aliphatic heterocycles. The fourth-order valence-electron chi connectivity index (χ4n) is 0.967. The molecular weight excluding hydrogens is 266 g/mol. The second-order valence-electron chi connectivity index (χ2n) is 2.80. The minimum atomic E-state index is -0.470. The molecule has 0 aliphatic carbocycles. The van der Waals surface area contributed by atoms with Gasteiger partial charge in [0.1, 0.15) is 5.75 Å². The van der Waals surface area contributed by atoms with Crippen LogP contribution in [0.2, 0.25) is 0 Å². The van der Waals surface area contributed by atoms with E-state index in [0.29, 0.717) is 23.2 Å². The fraction of sp³-hybridized carbons (Fsp3) is 0.333. The van der Waals surface area contributed by atoms with Gasteiger partial charge < -0.3 is 9.84 Å². The number of non-ortho nitro benzene ring substituents is 1. The molecule has 82 valence electrons. The predicted molar refractivity (Wildman–Crippen MR) is 58.0 cm³/mol. The van der Waals surface area contributed by atoms with Crippen LogP contribution in [-0.2, 0) is 0 Å². The Morgan fingerprint density at radius 2 is 2.27 bits per heavy atom. The molecule has 0 aromatic heterocycles. The van der Waals surface area contributed by atoms with Crippen molar-refractivity contribution in [3.63, 3.8) is 0 Å². The summed E-state index contributed by atoms with van der Waals surface area (Å²) in [5.74, 6) is 0.536. The number of benzene rings is 1. The van der Waals surface area contributed by atoms with Crippen molar-refractivity contribution in [3.05, 3.63) is 32.8 Å². The normalized spacial score (nSPS) is 10.0. The molecule has 0 radical (unpaired) electrons. The Kier molecular flexibility index (Phi) is 4.51. The van der Waals surface area contributed by atoms with Crippen LogP contribution in [0.25, 0.3) is 0 Å². The van der Waals surface area contributed by atoms with Crippen molar-refractivity contribution < 1.29 is 14.8 Å². The van der Waals surface area contributed by atoms with Gasteiger partial charge in [-0.3, -0.25) is 10.1 Å². The van der Waals surface area contributed by atoms with Gasteiger partial charge in [0.25, 0.3) is 5.69 Å². The Balaban J connectivity index is 2.70. The molecule has 0 heterocycles. The lowest BCUT2D eigenvalue weighted by atomic mass is 10.3. The van der Waals surface area contributed by atoms with Gasteiger partial charge >= 0.3 is 0 Å². The van der Waals surface area contributed by atoms with Crippen LogP contribution in [0.3, 0.4) is 0 Å². The molecule has 15 heavy (non-hydrogen) atoms. The molecule has 0 bridgehead atoms. The third-order valence-corrected chi connectivity index (χ3v) is 2.31. The lowest BCUT2D eigenvalue weighted by Crippen LogP contribution is -2.00. The Labute approximate surface area is 95.0 Å². The highest BCUT2D eigenvalue weighted by molar-refractivity contribution is 9.10. The first kappa shape index (κ1) is 11.9. The summed E-state index contributed by atoms with van der Waals surface area (Å²) in [6.45, 7) is 0.442. The number of hydrogen-bond acceptors (Lipinski definition) is 4. The molecule has 1 N–H and O–H groups in total. The summed E-state index contributed by atoms with van der Waals surface area (Å²) in [4.78, 5) is 9.97. The number of nitro groups is 1. The van der Waals surface area contributed by atoms with E-state index in [1.165, 1.54) is 18.2 Å². The minimum absolute atomic E-state index is 0.0105. The van der Waals surface area contributed by atoms with E-state index in [4.69, 9.17) is 9.84 Å². The number of hydrogen-bond donors (Lipinski definition) is 1. The number of nitro benzene ring substituents is 1. The zero-order valence-corrected chi connectivity index (χ0v) is 9.44. The maximum atomic E-state index is 10.4. The lowest BCUT2D eigenvalue weighted by molar-refractivity contribution is -0.385. The van der Waals surface area contributed by atoms with Crippen LogP contribution in [0.4, 0.5) is 5.69 Å². The molecule has 1 aromatic carbocycles. The third-order valence-electron chi connectivity index (χ3n) is 1.69. The summed E-state index contributed by atoms with van der Waals surface area (Å²) in [7, 11) is 0. The van der Waals surface area contributed by atoms with Gasteiger partial charge in [-0.25, -0.2) is 0 Å². The van der Waals surface area contributed by atoms with E-state index in [2.05, 4.69) is 15.9 Å². The van der Waals surface area contributed by atoms with E-state index in [-0.39, 0.29) is 12.3 Å². The standard InChI is InChI=1S/C9H10BrNO4/c10-8-6-7(11(13)14)2-3-9(8)15-5-1-4-12/h2-3,6,12H,1,4-5H2. The minimum Gasteiger partial charge on any atom is -0.492 e. The van der Waals surface area contributed by atoms with Crippen molar-refractivity contribution in [1.29, 1.82) is 0 Å². The maximum absolute atomic E-state index is 10.4. The van der Waals surface area contributed by atoms with Crippen LogP contribution >= 0.6 is 15.9 Å². The van der Waals surface area contributed by atoms with Gasteiger partial charge in [0.05, 0.1) is 16.0 Å². The van der Waals surface area contributed by atoms with E-state index >= 15 is 0 Å². The number of aliphatic hydroxyl groups is 1. The van der Waals surface area contributed by atoms with Gasteiger partial charge in [0, 0.05) is 25.2 Å². The highest BCUT2D eigenvalue weighted by Crippen LogP contribution is 2.28. The summed E-state index contributed by atoms with van der Waals surface area (Å²) < 4.78 is 5.82. The summed E-state index contributed by atoms with van der Waals surface area (Å²) in [5.41, 5.74) is 0.0105. The third kappa shape index (κ3) is 3.49. The zero-order chi connectivity index (χ0) is 11.3. The summed E-state index contributed by atoms with van der Waals surface area (Å²) >= 11 is 3.18. The molecular formula is C9H10BrNO4. The van der Waals surface area contributed by atoms with Crippen molar-refractivity contribution in [1.82, 2.24) is 0 Å². The van der Waals surface area contributed by atoms with Crippen LogP contribution in [-0.4, -0.2) is 23.2 Å². The first-order valence-electron chi connectivity index (χ1n) is 4.32. The second kappa shape index (κ2) is 5.67. The topological polar surface area (TPSA) is 72.6 Å². The Morgan fingerprint density at radius 3 is 2.80 bits per heavy atom. The predicted octanol–water partition coefficient (Wildman–Crippen LogP) is 2.12. The van der Waals surface area contributed by atoms with Gasteiger partial charge in [-0.2, -0.15) is 0 Å². The molecule has 0 saturated carbocycles. The lowest BCUT2D eigenvalue weighted by Gasteiger charge is -2.06. The molecule has 1 aromatic rings. The number of rotatable bonds is 5. The first-order valence-corrected chi connectivity index (χ1v) is 5.12. The molecule has 6 heteroatoms. The van der Waals surface area contributed by atoms with Crippen molar-refractivity contribution in [2.24, 2.45) is 0 Å². The highest BCUT2D eigenvalue weighted by Gasteiger charge is 2.09. The number of nitrogens with zero attached hydrogens (tertiary/aromatic N) is 1. The first-order chi connectivity index (χ1) is 7.15. The van der Waals surface area contributed by atoms with Gasteiger partial charge in [-0.05, 0) is 22.0 Å². The summed E-state index contributed by atoms with van der Waals surface area (Å²) in [6, 6.07) is 4.28. The molecule has 0 spiro atoms. The number of aliphatic hydroxyl groups excluding tert-OH is 1. The molecule has 0 atom stereocenters. The van der Waals surface area contributed by atoms with Crippen LogP contribution < -0.4 is 4.74 Å². The van der Waals surface area contributed by atoms with Crippen molar-refractivity contribution >= 4 is 21.6 Å². The molecule has 0 unspecified atom stereocenters. The van der Waals surface area contributed by atoms with E-state index in [0.717, 1.165) is 0 Å². The fourth-order valence-corrected chi connectivity index (χ4v) is 1.45. The van der Waals surface area contributed by atoms with Crippen LogP contribution in [0.1, 0.15) is 6.42 Å². The number of halogens is 1. The Bertz CT molecular complexity index is 356. The van der Waals surface area contributed by atoms with E-state index < -0.39 is 4.92 Å². The Hall–Kier alpha value is -1.14. The average Bonchev–Trinajstić information content (AvgIpc) is 2.20. The van der Waals surface area contributed by atoms with Crippen LogP contribution in [0, 0.1) is 10.1 Å².